The number of nitrogens with zero attached hydrogens (tertiary/aromatic N) is 1. The molecule has 2 N–H and O–H groups in total. The number of hydrogen-bond donors (Lipinski definition) is 2. The average Bonchev–Trinajstić information content (AvgIpc) is 2.81. The zero-order chi connectivity index (χ0) is 14.7. The van der Waals surface area contributed by atoms with Crippen molar-refractivity contribution >= 4 is 33.5 Å². The van der Waals surface area contributed by atoms with Crippen LogP contribution in [0.3, 0.4) is 0 Å². The Hall–Kier alpha value is -2.08. The van der Waals surface area contributed by atoms with Gasteiger partial charge in [0, 0.05) is 16.4 Å². The fourth-order valence-electron chi connectivity index (χ4n) is 1.82. The number of carboxylic acid groups (broad SMARTS) is 1. The summed E-state index contributed by atoms with van der Waals surface area (Å²) < 4.78 is 2.35. The molecule has 2 aromatic rings. The number of aliphatic carboxylic acids is 1. The van der Waals surface area contributed by atoms with Crippen molar-refractivity contribution in [3.05, 3.63) is 52.3 Å². The maximum Gasteiger partial charge on any atom is 0.323 e. The van der Waals surface area contributed by atoms with E-state index in [1.807, 2.05) is 19.1 Å². The summed E-state index contributed by atoms with van der Waals surface area (Å²) in [5.41, 5.74) is 1.98. The number of carbonyl (C=O) groups excluding carboxylic acids is 1. The monoisotopic (exact) mass is 336 g/mol. The van der Waals surface area contributed by atoms with Gasteiger partial charge in [-0.2, -0.15) is 0 Å². The van der Waals surface area contributed by atoms with Crippen LogP contribution in [0.25, 0.3) is 0 Å². The summed E-state index contributed by atoms with van der Waals surface area (Å²) in [7, 11) is 0. The van der Waals surface area contributed by atoms with Gasteiger partial charge >= 0.3 is 5.97 Å². The highest BCUT2D eigenvalue weighted by Gasteiger charge is 2.13. The Bertz CT molecular complexity index is 664. The third-order valence-corrected chi connectivity index (χ3v) is 3.67. The average molecular weight is 337 g/mol. The number of anilines is 1. The first kappa shape index (κ1) is 14.3. The van der Waals surface area contributed by atoms with Crippen LogP contribution in [0.15, 0.2) is 41.0 Å². The van der Waals surface area contributed by atoms with Crippen molar-refractivity contribution in [1.82, 2.24) is 4.57 Å². The second kappa shape index (κ2) is 5.92. The minimum atomic E-state index is -0.991. The number of halogens is 1. The van der Waals surface area contributed by atoms with E-state index in [2.05, 4.69) is 21.2 Å². The summed E-state index contributed by atoms with van der Waals surface area (Å²) in [5, 5.41) is 11.5. The lowest BCUT2D eigenvalue weighted by Crippen LogP contribution is -2.19. The molecule has 0 atom stereocenters. The van der Waals surface area contributed by atoms with Crippen LogP contribution in [0.1, 0.15) is 16.1 Å². The van der Waals surface area contributed by atoms with Crippen molar-refractivity contribution in [2.24, 2.45) is 0 Å². The summed E-state index contributed by atoms with van der Waals surface area (Å²) in [6.45, 7) is 1.68. The number of benzene rings is 1. The van der Waals surface area contributed by atoms with Crippen LogP contribution in [0.5, 0.6) is 0 Å². The number of aromatic nitrogens is 1. The number of aryl methyl sites for hydroxylation is 1. The molecule has 0 bridgehead atoms. The molecule has 1 aromatic carbocycles. The highest BCUT2D eigenvalue weighted by atomic mass is 79.9. The summed E-state index contributed by atoms with van der Waals surface area (Å²) >= 11 is 3.39. The Morgan fingerprint density at radius 2 is 2.10 bits per heavy atom. The molecule has 0 saturated carbocycles. The van der Waals surface area contributed by atoms with Crippen LogP contribution in [-0.2, 0) is 11.3 Å². The number of nitrogens with one attached hydrogen (secondary N) is 1. The number of carbonyl (C=O) groups is 2. The van der Waals surface area contributed by atoms with Gasteiger partial charge in [-0.1, -0.05) is 15.9 Å². The van der Waals surface area contributed by atoms with Gasteiger partial charge in [-0.05, 0) is 42.8 Å². The van der Waals surface area contributed by atoms with Crippen molar-refractivity contribution in [3.8, 4) is 0 Å². The normalized spacial score (nSPS) is 10.3. The molecular weight excluding hydrogens is 324 g/mol. The molecule has 0 saturated heterocycles. The van der Waals surface area contributed by atoms with E-state index in [0.29, 0.717) is 11.4 Å². The molecule has 0 unspecified atom stereocenters. The van der Waals surface area contributed by atoms with E-state index < -0.39 is 5.97 Å². The SMILES string of the molecule is Cc1cc(NC(=O)c2cccn2CC(=O)O)ccc1Br. The van der Waals surface area contributed by atoms with Gasteiger partial charge in [0.05, 0.1) is 0 Å². The number of amides is 1. The summed E-state index contributed by atoms with van der Waals surface area (Å²) in [6, 6.07) is 8.70. The molecule has 104 valence electrons. The third-order valence-electron chi connectivity index (χ3n) is 2.78. The van der Waals surface area contributed by atoms with Crippen molar-refractivity contribution in [3.63, 3.8) is 0 Å². The fraction of sp³-hybridized carbons (Fsp3) is 0.143. The molecule has 0 radical (unpaired) electrons. The van der Waals surface area contributed by atoms with Crippen molar-refractivity contribution < 1.29 is 14.7 Å². The lowest BCUT2D eigenvalue weighted by atomic mass is 10.2. The van der Waals surface area contributed by atoms with E-state index >= 15 is 0 Å². The summed E-state index contributed by atoms with van der Waals surface area (Å²) in [4.78, 5) is 22.9. The van der Waals surface area contributed by atoms with Gasteiger partial charge in [-0.3, -0.25) is 9.59 Å². The molecule has 1 amide bonds. The highest BCUT2D eigenvalue weighted by molar-refractivity contribution is 9.10. The standard InChI is InChI=1S/C14H13BrN2O3/c1-9-7-10(4-5-11(9)15)16-14(20)12-3-2-6-17(12)8-13(18)19/h2-7H,8H2,1H3,(H,16,20)(H,18,19). The Balaban J connectivity index is 2.17. The van der Waals surface area contributed by atoms with Gasteiger partial charge in [0.1, 0.15) is 12.2 Å². The summed E-state index contributed by atoms with van der Waals surface area (Å²) in [5.74, 6) is -1.33. The van der Waals surface area contributed by atoms with Gasteiger partial charge < -0.3 is 15.0 Å². The Labute approximate surface area is 124 Å². The van der Waals surface area contributed by atoms with Gasteiger partial charge in [0.2, 0.25) is 0 Å². The molecule has 20 heavy (non-hydrogen) atoms. The van der Waals surface area contributed by atoms with E-state index in [1.165, 1.54) is 4.57 Å². The predicted octanol–water partition coefficient (Wildman–Crippen LogP) is 2.90. The smallest absolute Gasteiger partial charge is 0.323 e. The van der Waals surface area contributed by atoms with Crippen molar-refractivity contribution in [1.29, 1.82) is 0 Å². The van der Waals surface area contributed by atoms with Gasteiger partial charge in [-0.25, -0.2) is 0 Å². The summed E-state index contributed by atoms with van der Waals surface area (Å²) in [6.07, 6.45) is 1.57. The molecule has 0 aliphatic heterocycles. The zero-order valence-corrected chi connectivity index (χ0v) is 12.3. The van der Waals surface area contributed by atoms with E-state index in [-0.39, 0.29) is 12.5 Å². The second-order valence-corrected chi connectivity index (χ2v) is 5.19. The number of carboxylic acids is 1. The van der Waals surface area contributed by atoms with Crippen LogP contribution in [0.2, 0.25) is 0 Å². The van der Waals surface area contributed by atoms with Crippen LogP contribution in [0, 0.1) is 6.92 Å². The Morgan fingerprint density at radius 3 is 2.75 bits per heavy atom. The fourth-order valence-corrected chi connectivity index (χ4v) is 2.07. The quantitative estimate of drug-likeness (QED) is 0.901. The molecule has 0 fully saturated rings. The van der Waals surface area contributed by atoms with E-state index in [0.717, 1.165) is 10.0 Å². The molecule has 0 aliphatic rings. The van der Waals surface area contributed by atoms with Crippen LogP contribution in [0.4, 0.5) is 5.69 Å². The van der Waals surface area contributed by atoms with Gasteiger partial charge in [-0.15, -0.1) is 0 Å². The molecule has 5 nitrogen and oxygen atoms in total. The molecule has 1 aromatic heterocycles. The third kappa shape index (κ3) is 3.27. The van der Waals surface area contributed by atoms with Gasteiger partial charge in [0.25, 0.3) is 5.91 Å². The Kier molecular flexibility index (Phi) is 4.24. The minimum Gasteiger partial charge on any atom is -0.480 e. The van der Waals surface area contributed by atoms with E-state index in [4.69, 9.17) is 5.11 Å². The second-order valence-electron chi connectivity index (χ2n) is 4.33. The lowest BCUT2D eigenvalue weighted by molar-refractivity contribution is -0.137. The van der Waals surface area contributed by atoms with E-state index in [9.17, 15) is 9.59 Å². The molecule has 2 rings (SSSR count). The Morgan fingerprint density at radius 1 is 1.35 bits per heavy atom. The molecule has 6 heteroatoms. The number of hydrogen-bond acceptors (Lipinski definition) is 2. The first-order chi connectivity index (χ1) is 9.47. The van der Waals surface area contributed by atoms with Crippen LogP contribution < -0.4 is 5.32 Å². The van der Waals surface area contributed by atoms with Gasteiger partial charge in [0.15, 0.2) is 0 Å². The van der Waals surface area contributed by atoms with Crippen molar-refractivity contribution in [2.75, 3.05) is 5.32 Å². The first-order valence-corrected chi connectivity index (χ1v) is 6.71. The first-order valence-electron chi connectivity index (χ1n) is 5.92. The largest absolute Gasteiger partial charge is 0.480 e. The molecule has 0 aliphatic carbocycles. The predicted molar refractivity (Wildman–Crippen MR) is 78.9 cm³/mol. The van der Waals surface area contributed by atoms with Crippen LogP contribution in [-0.4, -0.2) is 21.6 Å². The van der Waals surface area contributed by atoms with E-state index in [1.54, 1.807) is 24.4 Å². The molecule has 1 heterocycles. The molecule has 0 spiro atoms. The van der Waals surface area contributed by atoms with Crippen LogP contribution >= 0.6 is 15.9 Å². The zero-order valence-electron chi connectivity index (χ0n) is 10.8. The highest BCUT2D eigenvalue weighted by Crippen LogP contribution is 2.20. The number of rotatable bonds is 4. The maximum absolute atomic E-state index is 12.1. The molecular formula is C14H13BrN2O3. The lowest BCUT2D eigenvalue weighted by Gasteiger charge is -2.09. The van der Waals surface area contributed by atoms with Crippen molar-refractivity contribution in [2.45, 2.75) is 13.5 Å². The topological polar surface area (TPSA) is 71.3 Å². The minimum absolute atomic E-state index is 0.241. The maximum atomic E-state index is 12.1.